The highest BCUT2D eigenvalue weighted by Gasteiger charge is 2.26. The number of fused-ring (bicyclic) bond motifs is 1. The summed E-state index contributed by atoms with van der Waals surface area (Å²) in [5, 5.41) is 4.61. The summed E-state index contributed by atoms with van der Waals surface area (Å²) in [4.78, 5) is 13.4. The van der Waals surface area contributed by atoms with E-state index >= 15 is 0 Å². The minimum absolute atomic E-state index is 0.191. The Morgan fingerprint density at radius 1 is 1.06 bits per heavy atom. The quantitative estimate of drug-likeness (QED) is 0.493. The zero-order chi connectivity index (χ0) is 23.5. The van der Waals surface area contributed by atoms with Gasteiger partial charge in [-0.15, -0.1) is 0 Å². The number of nitrogens with one attached hydrogen (secondary N) is 1. The number of likely N-dealkylation sites (tertiary alicyclic amines) is 1. The van der Waals surface area contributed by atoms with Gasteiger partial charge < -0.3 is 24.4 Å². The molecule has 1 fully saturated rings. The first-order valence-electron chi connectivity index (χ1n) is 10.8. The van der Waals surface area contributed by atoms with E-state index in [1.165, 1.54) is 11.3 Å². The van der Waals surface area contributed by atoms with E-state index < -0.39 is 0 Å². The molecule has 3 aromatic rings. The Labute approximate surface area is 199 Å². The van der Waals surface area contributed by atoms with Gasteiger partial charge in [-0.25, -0.2) is 9.97 Å². The van der Waals surface area contributed by atoms with Crippen molar-refractivity contribution in [3.8, 4) is 17.2 Å². The van der Waals surface area contributed by atoms with Crippen molar-refractivity contribution in [2.75, 3.05) is 58.7 Å². The Morgan fingerprint density at radius 2 is 1.79 bits per heavy atom. The third-order valence-corrected chi connectivity index (χ3v) is 6.15. The topological polar surface area (TPSA) is 72.0 Å². The molecule has 1 N–H and O–H groups in total. The van der Waals surface area contributed by atoms with Gasteiger partial charge in [0.05, 0.1) is 26.8 Å². The molecule has 0 bridgehead atoms. The maximum atomic E-state index is 6.23. The van der Waals surface area contributed by atoms with E-state index in [9.17, 15) is 0 Å². The summed E-state index contributed by atoms with van der Waals surface area (Å²) in [7, 11) is 9.05. The fraction of sp³-hybridized carbons (Fsp3) is 0.417. The van der Waals surface area contributed by atoms with Crippen LogP contribution in [0.5, 0.6) is 17.2 Å². The number of benzene rings is 2. The average molecular weight is 472 g/mol. The first-order valence-corrected chi connectivity index (χ1v) is 11.2. The van der Waals surface area contributed by atoms with E-state index in [1.54, 1.807) is 21.3 Å². The number of nitrogens with zero attached hydrogens (tertiary/aromatic N) is 4. The molecule has 176 valence electrons. The van der Waals surface area contributed by atoms with Gasteiger partial charge >= 0.3 is 0 Å². The minimum atomic E-state index is 0.191. The Kier molecular flexibility index (Phi) is 6.95. The van der Waals surface area contributed by atoms with Crippen LogP contribution in [0.25, 0.3) is 10.9 Å². The molecule has 2 heterocycles. The lowest BCUT2D eigenvalue weighted by Gasteiger charge is -2.24. The van der Waals surface area contributed by atoms with Crippen LogP contribution >= 0.6 is 11.6 Å². The summed E-state index contributed by atoms with van der Waals surface area (Å²) in [6.07, 6.45) is 0.989. The summed E-state index contributed by atoms with van der Waals surface area (Å²) in [5.74, 6) is 2.84. The van der Waals surface area contributed by atoms with Gasteiger partial charge in [-0.3, -0.25) is 4.90 Å². The molecule has 1 aromatic heterocycles. The van der Waals surface area contributed by atoms with E-state index in [1.807, 2.05) is 24.3 Å². The third kappa shape index (κ3) is 4.86. The minimum Gasteiger partial charge on any atom is -0.496 e. The normalized spacial score (nSPS) is 16.1. The number of hydrogen-bond acceptors (Lipinski definition) is 8. The molecule has 9 heteroatoms. The van der Waals surface area contributed by atoms with Gasteiger partial charge in [0.15, 0.2) is 11.5 Å². The molecular formula is C24H30ClN5O3. The Bertz CT molecular complexity index is 1140. The van der Waals surface area contributed by atoms with Crippen LogP contribution in [0, 0.1) is 0 Å². The molecule has 1 atom stereocenters. The molecule has 0 aliphatic carbocycles. The van der Waals surface area contributed by atoms with Crippen LogP contribution in [0.2, 0.25) is 5.28 Å². The molecule has 2 aromatic carbocycles. The van der Waals surface area contributed by atoms with Gasteiger partial charge in [0.25, 0.3) is 0 Å². The van der Waals surface area contributed by atoms with E-state index in [2.05, 4.69) is 45.2 Å². The van der Waals surface area contributed by atoms with Crippen molar-refractivity contribution in [1.29, 1.82) is 0 Å². The zero-order valence-corrected chi connectivity index (χ0v) is 20.4. The lowest BCUT2D eigenvalue weighted by Crippen LogP contribution is -2.27. The molecule has 1 unspecified atom stereocenters. The zero-order valence-electron chi connectivity index (χ0n) is 19.7. The van der Waals surface area contributed by atoms with Crippen molar-refractivity contribution in [2.45, 2.75) is 19.0 Å². The van der Waals surface area contributed by atoms with Crippen LogP contribution in [0.3, 0.4) is 0 Å². The van der Waals surface area contributed by atoms with Crippen LogP contribution in [-0.4, -0.2) is 69.4 Å². The number of methoxy groups -OCH3 is 3. The smallest absolute Gasteiger partial charge is 0.224 e. The first-order chi connectivity index (χ1) is 15.9. The highest BCUT2D eigenvalue weighted by atomic mass is 35.5. The van der Waals surface area contributed by atoms with Crippen LogP contribution in [0.4, 0.5) is 11.5 Å². The standard InChI is InChI=1S/C24H30ClN5O3/c1-29(2)19-7-6-8-20(31-3)17(19)14-30-10-9-15(13-30)26-23-16-11-21(32-4)22(33-5)12-18(16)27-24(25)28-23/h6-8,11-12,15H,9-10,13-14H2,1-5H3,(H,26,27,28). The SMILES string of the molecule is COc1cc2nc(Cl)nc(NC3CCN(Cc4c(OC)cccc4N(C)C)C3)c2cc1OC. The van der Waals surface area contributed by atoms with Crippen LogP contribution in [0.1, 0.15) is 12.0 Å². The molecule has 0 radical (unpaired) electrons. The molecule has 1 aliphatic rings. The van der Waals surface area contributed by atoms with Crippen molar-refractivity contribution >= 4 is 34.0 Å². The Hall–Kier alpha value is -2.97. The van der Waals surface area contributed by atoms with E-state index in [0.717, 1.165) is 37.2 Å². The number of rotatable bonds is 8. The van der Waals surface area contributed by atoms with Gasteiger partial charge in [-0.2, -0.15) is 0 Å². The number of aromatic nitrogens is 2. The largest absolute Gasteiger partial charge is 0.496 e. The summed E-state index contributed by atoms with van der Waals surface area (Å²) in [5.41, 5.74) is 3.06. The maximum absolute atomic E-state index is 6.23. The van der Waals surface area contributed by atoms with Gasteiger partial charge in [-0.05, 0) is 36.2 Å². The van der Waals surface area contributed by atoms with Crippen molar-refractivity contribution in [1.82, 2.24) is 14.9 Å². The Balaban J connectivity index is 1.55. The third-order valence-electron chi connectivity index (χ3n) is 5.98. The highest BCUT2D eigenvalue weighted by Crippen LogP contribution is 2.35. The van der Waals surface area contributed by atoms with Crippen molar-refractivity contribution in [3.05, 3.63) is 41.2 Å². The number of hydrogen-bond donors (Lipinski definition) is 1. The van der Waals surface area contributed by atoms with Crippen molar-refractivity contribution in [2.24, 2.45) is 0 Å². The number of anilines is 2. The molecule has 4 rings (SSSR count). The highest BCUT2D eigenvalue weighted by molar-refractivity contribution is 6.28. The summed E-state index contributed by atoms with van der Waals surface area (Å²) >= 11 is 6.23. The summed E-state index contributed by atoms with van der Waals surface area (Å²) in [6.45, 7) is 2.66. The summed E-state index contributed by atoms with van der Waals surface area (Å²) in [6, 6.07) is 10.1. The van der Waals surface area contributed by atoms with Crippen molar-refractivity contribution in [3.63, 3.8) is 0 Å². The molecule has 0 saturated carbocycles. The fourth-order valence-corrected chi connectivity index (χ4v) is 4.55. The predicted octanol–water partition coefficient (Wildman–Crippen LogP) is 4.06. The van der Waals surface area contributed by atoms with E-state index in [-0.39, 0.29) is 11.3 Å². The molecule has 0 amide bonds. The van der Waals surface area contributed by atoms with Gasteiger partial charge in [0, 0.05) is 62.5 Å². The lowest BCUT2D eigenvalue weighted by molar-refractivity contribution is 0.319. The van der Waals surface area contributed by atoms with Gasteiger partial charge in [-0.1, -0.05) is 6.07 Å². The number of ether oxygens (including phenoxy) is 3. The molecule has 33 heavy (non-hydrogen) atoms. The van der Waals surface area contributed by atoms with Crippen molar-refractivity contribution < 1.29 is 14.2 Å². The second-order valence-corrected chi connectivity index (χ2v) is 8.62. The van der Waals surface area contributed by atoms with Gasteiger partial charge in [0.2, 0.25) is 5.28 Å². The molecule has 1 aliphatic heterocycles. The van der Waals surface area contributed by atoms with Gasteiger partial charge in [0.1, 0.15) is 11.6 Å². The second-order valence-electron chi connectivity index (χ2n) is 8.28. The summed E-state index contributed by atoms with van der Waals surface area (Å²) < 4.78 is 16.5. The van der Waals surface area contributed by atoms with Crippen LogP contribution in [0.15, 0.2) is 30.3 Å². The van der Waals surface area contributed by atoms with Crippen LogP contribution < -0.4 is 24.4 Å². The fourth-order valence-electron chi connectivity index (χ4n) is 4.37. The average Bonchev–Trinajstić information content (AvgIpc) is 3.24. The van der Waals surface area contributed by atoms with Crippen LogP contribution in [-0.2, 0) is 6.54 Å². The number of halogens is 1. The molecular weight excluding hydrogens is 442 g/mol. The molecule has 1 saturated heterocycles. The molecule has 0 spiro atoms. The maximum Gasteiger partial charge on any atom is 0.224 e. The Morgan fingerprint density at radius 3 is 2.48 bits per heavy atom. The predicted molar refractivity (Wildman–Crippen MR) is 132 cm³/mol. The van der Waals surface area contributed by atoms with E-state index in [4.69, 9.17) is 25.8 Å². The second kappa shape index (κ2) is 9.89. The van der Waals surface area contributed by atoms with E-state index in [0.29, 0.717) is 22.8 Å². The lowest BCUT2D eigenvalue weighted by atomic mass is 10.1. The monoisotopic (exact) mass is 471 g/mol. The molecule has 8 nitrogen and oxygen atoms in total. The first kappa shape index (κ1) is 23.2.